The first kappa shape index (κ1) is 11.8. The van der Waals surface area contributed by atoms with E-state index in [2.05, 4.69) is 13.8 Å². The van der Waals surface area contributed by atoms with Gasteiger partial charge in [0.05, 0.1) is 7.85 Å². The molecule has 1 nitrogen and oxygen atoms in total. The molecule has 0 unspecified atom stereocenters. The lowest BCUT2D eigenvalue weighted by atomic mass is 9.94. The van der Waals surface area contributed by atoms with E-state index < -0.39 is 0 Å². The van der Waals surface area contributed by atoms with Crippen molar-refractivity contribution in [2.75, 3.05) is 12.4 Å². The molecule has 0 rings (SSSR count). The minimum atomic E-state index is 0.128. The van der Waals surface area contributed by atoms with Gasteiger partial charge in [-0.25, -0.2) is 0 Å². The molecule has 0 aliphatic carbocycles. The van der Waals surface area contributed by atoms with Crippen molar-refractivity contribution in [3.8, 4) is 0 Å². The fourth-order valence-electron chi connectivity index (χ4n) is 0.300. The normalized spacial score (nSPS) is 11.8. The van der Waals surface area contributed by atoms with E-state index in [1.165, 1.54) is 0 Å². The number of rotatable bonds is 6. The van der Waals surface area contributed by atoms with Crippen LogP contribution in [0.25, 0.3) is 0 Å². The minimum absolute atomic E-state index is 0.128. The quantitative estimate of drug-likeness (QED) is 0.271. The van der Waals surface area contributed by atoms with Crippen molar-refractivity contribution in [2.24, 2.45) is 0 Å². The van der Waals surface area contributed by atoms with Gasteiger partial charge in [-0.15, -0.1) is 0 Å². The summed E-state index contributed by atoms with van der Waals surface area (Å²) in [5.74, 6) is 0.630. The molecule has 0 heterocycles. The first-order chi connectivity index (χ1) is 5.12. The molecule has 0 spiro atoms. The van der Waals surface area contributed by atoms with Gasteiger partial charge in [0.25, 0.3) is 0 Å². The Labute approximate surface area is 79.6 Å². The number of hydrogen-bond donors (Lipinski definition) is 0. The molecule has 0 amide bonds. The van der Waals surface area contributed by atoms with Crippen LogP contribution in [-0.2, 0) is 4.74 Å². The van der Waals surface area contributed by atoms with Crippen LogP contribution >= 0.6 is 21.6 Å². The van der Waals surface area contributed by atoms with Crippen LogP contribution in [-0.4, -0.2) is 32.9 Å². The lowest BCUT2D eigenvalue weighted by molar-refractivity contribution is 0.237. The second kappa shape index (κ2) is 6.32. The van der Waals surface area contributed by atoms with Crippen molar-refractivity contribution in [1.82, 2.24) is 0 Å². The van der Waals surface area contributed by atoms with Crippen LogP contribution in [0, 0.1) is 0 Å². The predicted octanol–water partition coefficient (Wildman–Crippen LogP) is 1.83. The van der Waals surface area contributed by atoms with Gasteiger partial charge in [0.15, 0.2) is 0 Å². The Bertz CT molecular complexity index is 101. The molecule has 5 heteroatoms. The Kier molecular flexibility index (Phi) is 6.78. The lowest BCUT2D eigenvalue weighted by Gasteiger charge is -2.20. The average Bonchev–Trinajstić information content (AvgIpc) is 1.99. The molecule has 0 aromatic rings. The van der Waals surface area contributed by atoms with Gasteiger partial charge in [0, 0.05) is 11.3 Å². The van der Waals surface area contributed by atoms with E-state index in [-0.39, 0.29) is 11.3 Å². The third-order valence-corrected chi connectivity index (χ3v) is 4.02. The first-order valence-corrected chi connectivity index (χ1v) is 5.73. The SMILES string of the molecule is [B]COCSSC(C)(C)C[B]. The largest absolute Gasteiger partial charge is 0.380 e. The summed E-state index contributed by atoms with van der Waals surface area (Å²) in [6.45, 7) is 4.50. The van der Waals surface area contributed by atoms with Crippen LogP contribution in [0.2, 0.25) is 6.32 Å². The van der Waals surface area contributed by atoms with E-state index in [9.17, 15) is 0 Å². The van der Waals surface area contributed by atoms with Crippen molar-refractivity contribution < 1.29 is 4.74 Å². The Morgan fingerprint density at radius 2 is 2.00 bits per heavy atom. The van der Waals surface area contributed by atoms with Crippen molar-refractivity contribution in [2.45, 2.75) is 24.9 Å². The molecular formula is C6H12B2OS2. The van der Waals surface area contributed by atoms with Crippen molar-refractivity contribution >= 4 is 37.3 Å². The highest BCUT2D eigenvalue weighted by molar-refractivity contribution is 8.77. The van der Waals surface area contributed by atoms with Gasteiger partial charge >= 0.3 is 0 Å². The number of ether oxygens (including phenoxy) is 1. The molecule has 0 saturated heterocycles. The van der Waals surface area contributed by atoms with Crippen LogP contribution in [0.3, 0.4) is 0 Å². The Hall–Kier alpha value is 0.790. The molecular weight excluding hydrogens is 174 g/mol. The van der Waals surface area contributed by atoms with Gasteiger partial charge < -0.3 is 4.74 Å². The summed E-state index contributed by atoms with van der Waals surface area (Å²) >= 11 is 0. The van der Waals surface area contributed by atoms with Crippen LogP contribution in [0.5, 0.6) is 0 Å². The summed E-state index contributed by atoms with van der Waals surface area (Å²) in [5, 5.41) is 0. The summed E-state index contributed by atoms with van der Waals surface area (Å²) < 4.78 is 5.08. The van der Waals surface area contributed by atoms with Gasteiger partial charge in [0.2, 0.25) is 0 Å². The molecule has 0 bridgehead atoms. The molecule has 0 atom stereocenters. The maximum absolute atomic E-state index is 5.52. The van der Waals surface area contributed by atoms with E-state index >= 15 is 0 Å². The molecule has 0 aliphatic heterocycles. The predicted molar refractivity (Wildman–Crippen MR) is 56.4 cm³/mol. The maximum Gasteiger partial charge on any atom is 0.104 e. The van der Waals surface area contributed by atoms with Crippen LogP contribution in [0.4, 0.5) is 0 Å². The first-order valence-electron chi connectivity index (χ1n) is 3.41. The van der Waals surface area contributed by atoms with Gasteiger partial charge in [-0.05, 0) is 0 Å². The van der Waals surface area contributed by atoms with E-state index in [0.717, 1.165) is 0 Å². The fraction of sp³-hybridized carbons (Fsp3) is 1.00. The zero-order valence-corrected chi connectivity index (χ0v) is 8.63. The van der Waals surface area contributed by atoms with Crippen molar-refractivity contribution in [3.05, 3.63) is 0 Å². The zero-order valence-electron chi connectivity index (χ0n) is 7.00. The Balaban J connectivity index is 3.23. The van der Waals surface area contributed by atoms with Gasteiger partial charge in [0.1, 0.15) is 13.8 Å². The maximum atomic E-state index is 5.52. The fourth-order valence-corrected chi connectivity index (χ4v) is 2.41. The highest BCUT2D eigenvalue weighted by atomic mass is 33.1. The highest BCUT2D eigenvalue weighted by Crippen LogP contribution is 2.37. The van der Waals surface area contributed by atoms with Crippen LogP contribution < -0.4 is 0 Å². The van der Waals surface area contributed by atoms with Crippen LogP contribution in [0.1, 0.15) is 13.8 Å². The molecule has 4 radical (unpaired) electrons. The second-order valence-electron chi connectivity index (χ2n) is 2.65. The second-order valence-corrected chi connectivity index (χ2v) is 5.60. The molecule has 0 saturated carbocycles. The summed E-state index contributed by atoms with van der Waals surface area (Å²) in [7, 11) is 14.0. The third-order valence-electron chi connectivity index (χ3n) is 1.03. The Morgan fingerprint density at radius 1 is 1.36 bits per heavy atom. The van der Waals surface area contributed by atoms with E-state index in [1.807, 2.05) is 0 Å². The summed E-state index contributed by atoms with van der Waals surface area (Å²) in [6, 6.07) is 0. The van der Waals surface area contributed by atoms with Gasteiger partial charge in [-0.3, -0.25) is 0 Å². The average molecular weight is 186 g/mol. The molecule has 0 N–H and O–H groups in total. The minimum Gasteiger partial charge on any atom is -0.380 e. The molecule has 0 fully saturated rings. The summed E-state index contributed by atoms with van der Waals surface area (Å²) in [4.78, 5) is 0. The summed E-state index contributed by atoms with van der Waals surface area (Å²) in [5.41, 5.74) is 0. The lowest BCUT2D eigenvalue weighted by Crippen LogP contribution is -2.11. The van der Waals surface area contributed by atoms with E-state index in [1.54, 1.807) is 21.6 Å². The smallest absolute Gasteiger partial charge is 0.104 e. The zero-order chi connectivity index (χ0) is 8.74. The van der Waals surface area contributed by atoms with Crippen molar-refractivity contribution in [3.63, 3.8) is 0 Å². The molecule has 0 aliphatic rings. The van der Waals surface area contributed by atoms with Crippen LogP contribution in [0.15, 0.2) is 0 Å². The third kappa shape index (κ3) is 7.16. The molecule has 11 heavy (non-hydrogen) atoms. The molecule has 60 valence electrons. The van der Waals surface area contributed by atoms with Crippen molar-refractivity contribution in [1.29, 1.82) is 0 Å². The van der Waals surface area contributed by atoms with Gasteiger partial charge in [-0.1, -0.05) is 41.8 Å². The Morgan fingerprint density at radius 3 is 2.45 bits per heavy atom. The molecule has 0 aromatic carbocycles. The highest BCUT2D eigenvalue weighted by Gasteiger charge is 2.14. The molecule has 0 aromatic heterocycles. The topological polar surface area (TPSA) is 9.23 Å². The number of hydrogen-bond acceptors (Lipinski definition) is 3. The monoisotopic (exact) mass is 186 g/mol. The standard InChI is InChI=1S/C6H12B2OS2/c1-6(2,3-7)11-10-5-9-4-8/h3-5H2,1-2H3. The van der Waals surface area contributed by atoms with Gasteiger partial charge in [-0.2, -0.15) is 0 Å². The van der Waals surface area contributed by atoms with E-state index in [4.69, 9.17) is 20.4 Å². The van der Waals surface area contributed by atoms with E-state index in [0.29, 0.717) is 12.3 Å². The summed E-state index contributed by atoms with van der Waals surface area (Å²) in [6.07, 6.45) is 0.674.